The third-order valence-corrected chi connectivity index (χ3v) is 4.99. The van der Waals surface area contributed by atoms with Gasteiger partial charge in [-0.1, -0.05) is 60.4 Å². The van der Waals surface area contributed by atoms with Crippen molar-refractivity contribution in [1.29, 1.82) is 0 Å². The molecule has 0 heterocycles. The van der Waals surface area contributed by atoms with E-state index in [9.17, 15) is 18.0 Å². The van der Waals surface area contributed by atoms with Gasteiger partial charge in [-0.05, 0) is 46.5 Å². The Bertz CT molecular complexity index is 1130. The van der Waals surface area contributed by atoms with Crippen molar-refractivity contribution in [2.24, 2.45) is 0 Å². The van der Waals surface area contributed by atoms with Crippen LogP contribution in [0.3, 0.4) is 0 Å². The normalized spacial score (nSPS) is 12.2. The number of alkyl carbamates (subject to hydrolysis) is 1. The van der Waals surface area contributed by atoms with Crippen molar-refractivity contribution in [1.82, 2.24) is 5.32 Å². The molecule has 1 aliphatic carbocycles. The van der Waals surface area contributed by atoms with E-state index in [0.29, 0.717) is 5.56 Å². The fourth-order valence-electron chi connectivity index (χ4n) is 3.65. The second kappa shape index (κ2) is 9.06. The molecule has 1 aliphatic rings. The van der Waals surface area contributed by atoms with Gasteiger partial charge < -0.3 is 14.8 Å². The molecule has 0 aliphatic heterocycles. The van der Waals surface area contributed by atoms with Crippen molar-refractivity contribution in [3.63, 3.8) is 0 Å². The molecule has 0 spiro atoms. The summed E-state index contributed by atoms with van der Waals surface area (Å²) in [6.45, 7) is 0.242. The first-order chi connectivity index (χ1) is 15.4. The molecular weight excluding hydrogens is 419 g/mol. The van der Waals surface area contributed by atoms with Crippen molar-refractivity contribution in [3.8, 4) is 28.7 Å². The van der Waals surface area contributed by atoms with E-state index in [-0.39, 0.29) is 24.8 Å². The van der Waals surface area contributed by atoms with Crippen LogP contribution < -0.4 is 10.1 Å². The molecule has 32 heavy (non-hydrogen) atoms. The van der Waals surface area contributed by atoms with Gasteiger partial charge in [-0.3, -0.25) is 0 Å². The van der Waals surface area contributed by atoms with Gasteiger partial charge in [0.2, 0.25) is 0 Å². The predicted octanol–water partition coefficient (Wildman–Crippen LogP) is 5.48. The molecule has 0 fully saturated rings. The van der Waals surface area contributed by atoms with Crippen LogP contribution in [-0.4, -0.2) is 25.6 Å². The topological polar surface area (TPSA) is 47.6 Å². The first kappa shape index (κ1) is 21.3. The van der Waals surface area contributed by atoms with Crippen molar-refractivity contribution in [3.05, 3.63) is 89.5 Å². The maximum atomic E-state index is 12.2. The number of fused-ring (bicyclic) bond motifs is 3. The minimum Gasteiger partial charge on any atom is -0.449 e. The molecular formula is C25H18F3NO3. The van der Waals surface area contributed by atoms with Crippen LogP contribution in [0.15, 0.2) is 72.8 Å². The summed E-state index contributed by atoms with van der Waals surface area (Å²) >= 11 is 0. The molecule has 7 heteroatoms. The Balaban J connectivity index is 1.29. The van der Waals surface area contributed by atoms with Gasteiger partial charge in [0.15, 0.2) is 0 Å². The summed E-state index contributed by atoms with van der Waals surface area (Å²) in [6, 6.07) is 21.3. The molecule has 1 amide bonds. The minimum absolute atomic E-state index is 0.0309. The van der Waals surface area contributed by atoms with Crippen LogP contribution in [0.25, 0.3) is 11.1 Å². The number of benzene rings is 3. The molecule has 0 bridgehead atoms. The summed E-state index contributed by atoms with van der Waals surface area (Å²) in [6.07, 6.45) is -5.32. The van der Waals surface area contributed by atoms with E-state index >= 15 is 0 Å². The van der Waals surface area contributed by atoms with Crippen LogP contribution in [0.2, 0.25) is 0 Å². The zero-order valence-corrected chi connectivity index (χ0v) is 16.8. The molecule has 0 atom stereocenters. The van der Waals surface area contributed by atoms with E-state index in [1.54, 1.807) is 0 Å². The van der Waals surface area contributed by atoms with Crippen LogP contribution in [-0.2, 0) is 4.74 Å². The summed E-state index contributed by atoms with van der Waals surface area (Å²) in [5.74, 6) is 5.14. The highest BCUT2D eigenvalue weighted by Crippen LogP contribution is 2.44. The Morgan fingerprint density at radius 2 is 1.50 bits per heavy atom. The molecule has 4 rings (SSSR count). The van der Waals surface area contributed by atoms with Gasteiger partial charge in [-0.15, -0.1) is 13.2 Å². The number of carbonyl (C=O) groups is 1. The maximum absolute atomic E-state index is 12.2. The monoisotopic (exact) mass is 437 g/mol. The number of alkyl halides is 3. The van der Waals surface area contributed by atoms with Crippen molar-refractivity contribution in [2.45, 2.75) is 12.3 Å². The number of ether oxygens (including phenoxy) is 2. The number of amides is 1. The van der Waals surface area contributed by atoms with Crippen LogP contribution in [0.5, 0.6) is 5.75 Å². The van der Waals surface area contributed by atoms with E-state index in [1.807, 2.05) is 36.4 Å². The van der Waals surface area contributed by atoms with E-state index in [0.717, 1.165) is 22.3 Å². The fraction of sp³-hybridized carbons (Fsp3) is 0.160. The first-order valence-electron chi connectivity index (χ1n) is 9.84. The van der Waals surface area contributed by atoms with E-state index in [4.69, 9.17) is 4.74 Å². The SMILES string of the molecule is O=C(NCC#Cc1ccc(OC(F)(F)F)cc1)OCC1c2ccccc2-c2ccccc21. The highest BCUT2D eigenvalue weighted by Gasteiger charge is 2.31. The zero-order chi connectivity index (χ0) is 22.6. The lowest BCUT2D eigenvalue weighted by Gasteiger charge is -2.14. The largest absolute Gasteiger partial charge is 0.573 e. The average molecular weight is 437 g/mol. The lowest BCUT2D eigenvalue weighted by atomic mass is 9.98. The highest BCUT2D eigenvalue weighted by molar-refractivity contribution is 5.79. The summed E-state index contributed by atoms with van der Waals surface area (Å²) in [7, 11) is 0. The molecule has 4 nitrogen and oxygen atoms in total. The zero-order valence-electron chi connectivity index (χ0n) is 16.8. The van der Waals surface area contributed by atoms with Gasteiger partial charge >= 0.3 is 12.5 Å². The Morgan fingerprint density at radius 1 is 0.906 bits per heavy atom. The summed E-state index contributed by atoms with van der Waals surface area (Å²) in [4.78, 5) is 12.1. The van der Waals surface area contributed by atoms with Gasteiger partial charge in [0, 0.05) is 11.5 Å². The van der Waals surface area contributed by atoms with Crippen LogP contribution in [0.1, 0.15) is 22.6 Å². The second-order valence-corrected chi connectivity index (χ2v) is 7.05. The highest BCUT2D eigenvalue weighted by atomic mass is 19.4. The quantitative estimate of drug-likeness (QED) is 0.551. The van der Waals surface area contributed by atoms with Crippen molar-refractivity contribution in [2.75, 3.05) is 13.2 Å². The smallest absolute Gasteiger partial charge is 0.449 e. The molecule has 3 aromatic rings. The molecule has 0 unspecified atom stereocenters. The number of carbonyl (C=O) groups excluding carboxylic acids is 1. The summed E-state index contributed by atoms with van der Waals surface area (Å²) in [5.41, 5.74) is 5.04. The van der Waals surface area contributed by atoms with Gasteiger partial charge in [0.05, 0.1) is 6.54 Å². The number of rotatable bonds is 4. The van der Waals surface area contributed by atoms with Gasteiger partial charge in [0.25, 0.3) is 0 Å². The lowest BCUT2D eigenvalue weighted by molar-refractivity contribution is -0.274. The van der Waals surface area contributed by atoms with E-state index < -0.39 is 12.5 Å². The Kier molecular flexibility index (Phi) is 6.04. The number of hydrogen-bond acceptors (Lipinski definition) is 3. The standard InChI is InChI=1S/C25H18F3NO3/c26-25(27,28)32-18-13-11-17(12-14-18)6-5-15-29-24(30)31-16-23-21-9-3-1-7-19(21)20-8-2-4-10-22(20)23/h1-4,7-14,23H,15-16H2,(H,29,30). The van der Waals surface area contributed by atoms with E-state index in [1.165, 1.54) is 24.3 Å². The van der Waals surface area contributed by atoms with Crippen molar-refractivity contribution < 1.29 is 27.4 Å². The van der Waals surface area contributed by atoms with Gasteiger partial charge in [-0.25, -0.2) is 4.79 Å². The summed E-state index contributed by atoms with van der Waals surface area (Å²) < 4.78 is 45.7. The predicted molar refractivity (Wildman–Crippen MR) is 113 cm³/mol. The molecule has 0 aromatic heterocycles. The van der Waals surface area contributed by atoms with Crippen molar-refractivity contribution >= 4 is 6.09 Å². The van der Waals surface area contributed by atoms with Gasteiger partial charge in [-0.2, -0.15) is 0 Å². The Hall–Kier alpha value is -3.92. The molecule has 3 aromatic carbocycles. The van der Waals surface area contributed by atoms with Crippen LogP contribution in [0.4, 0.5) is 18.0 Å². The number of hydrogen-bond donors (Lipinski definition) is 1. The molecule has 0 saturated carbocycles. The average Bonchev–Trinajstić information content (AvgIpc) is 3.09. The summed E-state index contributed by atoms with van der Waals surface area (Å²) in [5, 5.41) is 2.56. The molecule has 0 radical (unpaired) electrons. The van der Waals surface area contributed by atoms with E-state index in [2.05, 4.69) is 34.0 Å². The maximum Gasteiger partial charge on any atom is 0.573 e. The molecule has 1 N–H and O–H groups in total. The third kappa shape index (κ3) is 5.03. The van der Waals surface area contributed by atoms with Crippen LogP contribution >= 0.6 is 0 Å². The second-order valence-electron chi connectivity index (χ2n) is 7.05. The Labute approximate surface area is 183 Å². The number of nitrogens with one attached hydrogen (secondary N) is 1. The number of halogens is 3. The first-order valence-corrected chi connectivity index (χ1v) is 9.84. The molecule has 162 valence electrons. The van der Waals surface area contributed by atoms with Crippen LogP contribution in [0, 0.1) is 11.8 Å². The fourth-order valence-corrected chi connectivity index (χ4v) is 3.65. The minimum atomic E-state index is -4.74. The lowest BCUT2D eigenvalue weighted by Crippen LogP contribution is -2.26. The van der Waals surface area contributed by atoms with Gasteiger partial charge in [0.1, 0.15) is 12.4 Å². The Morgan fingerprint density at radius 3 is 2.09 bits per heavy atom. The molecule has 0 saturated heterocycles. The third-order valence-electron chi connectivity index (χ3n) is 4.99.